The Hall–Kier alpha value is -1.88. The first-order chi connectivity index (χ1) is 11.8. The third kappa shape index (κ3) is 3.05. The van der Waals surface area contributed by atoms with Gasteiger partial charge >= 0.3 is 0 Å². The molecule has 2 aromatic heterocycles. The van der Waals surface area contributed by atoms with Gasteiger partial charge in [0, 0.05) is 30.7 Å². The van der Waals surface area contributed by atoms with E-state index >= 15 is 0 Å². The highest BCUT2D eigenvalue weighted by molar-refractivity contribution is 7.10. The van der Waals surface area contributed by atoms with Crippen LogP contribution in [0.2, 0.25) is 0 Å². The van der Waals surface area contributed by atoms with Gasteiger partial charge in [-0.05, 0) is 49.3 Å². The molecule has 0 aromatic carbocycles. The molecule has 1 amide bonds. The van der Waals surface area contributed by atoms with Gasteiger partial charge in [-0.25, -0.2) is 4.98 Å². The van der Waals surface area contributed by atoms with Crippen molar-refractivity contribution in [2.24, 2.45) is 5.92 Å². The number of nitrogens with zero attached hydrogens (tertiary/aromatic N) is 3. The Kier molecular flexibility index (Phi) is 4.52. The maximum absolute atomic E-state index is 13.2. The van der Waals surface area contributed by atoms with E-state index in [1.165, 1.54) is 4.88 Å². The molecule has 0 N–H and O–H groups in total. The predicted octanol–water partition coefficient (Wildman–Crippen LogP) is 3.72. The zero-order valence-electron chi connectivity index (χ0n) is 13.8. The molecule has 5 heteroatoms. The van der Waals surface area contributed by atoms with E-state index in [1.54, 1.807) is 11.3 Å². The van der Waals surface area contributed by atoms with Gasteiger partial charge in [0.1, 0.15) is 5.82 Å². The summed E-state index contributed by atoms with van der Waals surface area (Å²) in [6.07, 6.45) is 6.10. The lowest BCUT2D eigenvalue weighted by Crippen LogP contribution is -2.44. The minimum Gasteiger partial charge on any atom is -0.356 e. The lowest BCUT2D eigenvalue weighted by molar-refractivity contribution is -0.136. The molecule has 0 radical (unpaired) electrons. The second-order valence-corrected chi connectivity index (χ2v) is 7.66. The minimum absolute atomic E-state index is 0.0984. The molecule has 2 fully saturated rings. The average Bonchev–Trinajstić information content (AvgIpc) is 3.33. The van der Waals surface area contributed by atoms with E-state index in [4.69, 9.17) is 0 Å². The van der Waals surface area contributed by atoms with Crippen molar-refractivity contribution in [1.82, 2.24) is 9.88 Å². The van der Waals surface area contributed by atoms with Crippen LogP contribution in [0.1, 0.15) is 36.6 Å². The standard InChI is InChI=1S/C19H23N3OS/c23-19(22-12-4-7-16(22)17-8-5-13-24-17)15-6-3-11-21(14-15)18-9-1-2-10-20-18/h1-2,5,8-10,13,15-16H,3-4,6-7,11-12,14H2/t15-,16-/m1/s1. The molecule has 24 heavy (non-hydrogen) atoms. The Morgan fingerprint density at radius 2 is 2.04 bits per heavy atom. The number of piperidine rings is 1. The number of aromatic nitrogens is 1. The molecule has 2 aromatic rings. The van der Waals surface area contributed by atoms with Crippen molar-refractivity contribution in [3.05, 3.63) is 46.8 Å². The highest BCUT2D eigenvalue weighted by Gasteiger charge is 2.36. The largest absolute Gasteiger partial charge is 0.356 e. The van der Waals surface area contributed by atoms with E-state index in [0.717, 1.165) is 51.1 Å². The smallest absolute Gasteiger partial charge is 0.228 e. The van der Waals surface area contributed by atoms with E-state index in [0.29, 0.717) is 11.9 Å². The molecule has 4 heterocycles. The van der Waals surface area contributed by atoms with E-state index in [1.807, 2.05) is 24.4 Å². The summed E-state index contributed by atoms with van der Waals surface area (Å²) in [4.78, 5) is 23.4. The fourth-order valence-corrected chi connectivity index (χ4v) is 4.84. The molecule has 2 atom stereocenters. The van der Waals surface area contributed by atoms with Crippen molar-refractivity contribution in [3.8, 4) is 0 Å². The van der Waals surface area contributed by atoms with Crippen molar-refractivity contribution < 1.29 is 4.79 Å². The highest BCUT2D eigenvalue weighted by atomic mass is 32.1. The molecule has 0 bridgehead atoms. The van der Waals surface area contributed by atoms with Gasteiger partial charge in [-0.2, -0.15) is 0 Å². The third-order valence-corrected chi connectivity index (χ3v) is 6.12. The number of likely N-dealkylation sites (tertiary alicyclic amines) is 1. The van der Waals surface area contributed by atoms with Crippen molar-refractivity contribution >= 4 is 23.1 Å². The van der Waals surface area contributed by atoms with E-state index in [2.05, 4.69) is 32.3 Å². The molecule has 4 nitrogen and oxygen atoms in total. The van der Waals surface area contributed by atoms with Crippen molar-refractivity contribution in [2.75, 3.05) is 24.5 Å². The maximum Gasteiger partial charge on any atom is 0.228 e. The van der Waals surface area contributed by atoms with Crippen LogP contribution < -0.4 is 4.90 Å². The monoisotopic (exact) mass is 341 g/mol. The van der Waals surface area contributed by atoms with E-state index in [-0.39, 0.29) is 5.92 Å². The quantitative estimate of drug-likeness (QED) is 0.854. The number of rotatable bonds is 3. The van der Waals surface area contributed by atoms with Gasteiger partial charge in [0.15, 0.2) is 0 Å². The van der Waals surface area contributed by atoms with E-state index in [9.17, 15) is 4.79 Å². The normalized spacial score (nSPS) is 24.3. The Balaban J connectivity index is 1.47. The van der Waals surface area contributed by atoms with Crippen molar-refractivity contribution in [1.29, 1.82) is 0 Å². The van der Waals surface area contributed by atoms with Crippen LogP contribution in [-0.4, -0.2) is 35.4 Å². The van der Waals surface area contributed by atoms with Crippen LogP contribution in [0.4, 0.5) is 5.82 Å². The zero-order chi connectivity index (χ0) is 16.4. The fraction of sp³-hybridized carbons (Fsp3) is 0.474. The van der Waals surface area contributed by atoms with Gasteiger partial charge in [0.05, 0.1) is 12.0 Å². The lowest BCUT2D eigenvalue weighted by atomic mass is 9.96. The van der Waals surface area contributed by atoms with Gasteiger partial charge in [0.2, 0.25) is 5.91 Å². The number of hydrogen-bond donors (Lipinski definition) is 0. The van der Waals surface area contributed by atoms with Gasteiger partial charge < -0.3 is 9.80 Å². The number of hydrogen-bond acceptors (Lipinski definition) is 4. The van der Waals surface area contributed by atoms with Gasteiger partial charge in [0.25, 0.3) is 0 Å². The number of carbonyl (C=O) groups excluding carboxylic acids is 1. The Bertz CT molecular complexity index is 673. The molecule has 126 valence electrons. The molecular weight excluding hydrogens is 318 g/mol. The average molecular weight is 341 g/mol. The maximum atomic E-state index is 13.2. The van der Waals surface area contributed by atoms with Crippen molar-refractivity contribution in [3.63, 3.8) is 0 Å². The Labute approximate surface area is 147 Å². The molecule has 2 saturated heterocycles. The van der Waals surface area contributed by atoms with Gasteiger partial charge in [-0.1, -0.05) is 12.1 Å². The van der Waals surface area contributed by atoms with Gasteiger partial charge in [-0.15, -0.1) is 11.3 Å². The summed E-state index contributed by atoms with van der Waals surface area (Å²) in [5, 5.41) is 2.11. The van der Waals surface area contributed by atoms with Crippen LogP contribution >= 0.6 is 11.3 Å². The van der Waals surface area contributed by atoms with Crippen LogP contribution in [0, 0.1) is 5.92 Å². The number of amides is 1. The second kappa shape index (κ2) is 6.93. The van der Waals surface area contributed by atoms with Crippen LogP contribution in [0.25, 0.3) is 0 Å². The highest BCUT2D eigenvalue weighted by Crippen LogP contribution is 2.36. The predicted molar refractivity (Wildman–Crippen MR) is 97.2 cm³/mol. The molecule has 0 unspecified atom stereocenters. The summed E-state index contributed by atoms with van der Waals surface area (Å²) in [5.74, 6) is 1.43. The lowest BCUT2D eigenvalue weighted by Gasteiger charge is -2.36. The summed E-state index contributed by atoms with van der Waals surface area (Å²) in [6, 6.07) is 10.5. The number of pyridine rings is 1. The SMILES string of the molecule is O=C([C@@H]1CCCN(c2ccccn2)C1)N1CCC[C@@H]1c1cccs1. The summed E-state index contributed by atoms with van der Waals surface area (Å²) in [7, 11) is 0. The van der Waals surface area contributed by atoms with Gasteiger partial charge in [-0.3, -0.25) is 4.79 Å². The van der Waals surface area contributed by atoms with Crippen LogP contribution in [0.5, 0.6) is 0 Å². The third-order valence-electron chi connectivity index (χ3n) is 5.15. The number of thiophene rings is 1. The first kappa shape index (κ1) is 15.6. The summed E-state index contributed by atoms with van der Waals surface area (Å²) in [5.41, 5.74) is 0. The molecule has 4 rings (SSSR count). The zero-order valence-corrected chi connectivity index (χ0v) is 14.6. The van der Waals surface area contributed by atoms with Crippen LogP contribution in [0.3, 0.4) is 0 Å². The molecule has 0 spiro atoms. The van der Waals surface area contributed by atoms with E-state index < -0.39 is 0 Å². The summed E-state index contributed by atoms with van der Waals surface area (Å²) < 4.78 is 0. The van der Waals surface area contributed by atoms with Crippen molar-refractivity contribution in [2.45, 2.75) is 31.7 Å². The first-order valence-electron chi connectivity index (χ1n) is 8.83. The minimum atomic E-state index is 0.0984. The number of anilines is 1. The molecule has 2 aliphatic rings. The fourth-order valence-electron chi connectivity index (χ4n) is 3.97. The van der Waals surface area contributed by atoms with Crippen LogP contribution in [-0.2, 0) is 4.79 Å². The topological polar surface area (TPSA) is 36.4 Å². The molecule has 0 aliphatic carbocycles. The first-order valence-corrected chi connectivity index (χ1v) is 9.71. The Morgan fingerprint density at radius 3 is 2.83 bits per heavy atom. The molecule has 2 aliphatic heterocycles. The second-order valence-electron chi connectivity index (χ2n) is 6.68. The molecular formula is C19H23N3OS. The molecule has 0 saturated carbocycles. The number of carbonyl (C=O) groups is 1. The summed E-state index contributed by atoms with van der Waals surface area (Å²) >= 11 is 1.77. The summed E-state index contributed by atoms with van der Waals surface area (Å²) in [6.45, 7) is 2.69. The Morgan fingerprint density at radius 1 is 1.12 bits per heavy atom. The van der Waals surface area contributed by atoms with Crippen LogP contribution in [0.15, 0.2) is 41.9 Å².